The second kappa shape index (κ2) is 14.5. The highest BCUT2D eigenvalue weighted by molar-refractivity contribution is 7.88. The van der Waals surface area contributed by atoms with E-state index in [9.17, 15) is 21.6 Å². The van der Waals surface area contributed by atoms with Gasteiger partial charge in [0, 0.05) is 24.7 Å². The standard InChI is InChI=1S/C24H22F3NO4S.C6H15N/c25-24(26,27)33(29,30)32-23-13-7-12-22-21(23)14-20(17-31-22)28(15-18-8-3-1-4-9-18)16-19-10-5-2-6-11-19;1-4-7(5-2)6-3/h1-13,20H,14-17H2;4-6H2,1-3H3/t20-;/m0./s1. The Hall–Kier alpha value is -3.08. The Labute approximate surface area is 235 Å². The van der Waals surface area contributed by atoms with Gasteiger partial charge in [0.1, 0.15) is 18.1 Å². The number of nitrogens with zero attached hydrogens (tertiary/aromatic N) is 2. The average molecular weight is 579 g/mol. The fourth-order valence-electron chi connectivity index (χ4n) is 4.46. The Morgan fingerprint density at radius 1 is 0.825 bits per heavy atom. The molecule has 0 unspecified atom stereocenters. The van der Waals surface area contributed by atoms with E-state index in [-0.39, 0.29) is 18.2 Å². The summed E-state index contributed by atoms with van der Waals surface area (Å²) in [5.74, 6) is -0.0469. The van der Waals surface area contributed by atoms with Crippen LogP contribution in [0, 0.1) is 0 Å². The third kappa shape index (κ3) is 8.71. The number of hydrogen-bond donors (Lipinski definition) is 0. The van der Waals surface area contributed by atoms with Crippen molar-refractivity contribution in [3.05, 3.63) is 95.6 Å². The molecular weight excluding hydrogens is 541 g/mol. The molecule has 4 rings (SSSR count). The van der Waals surface area contributed by atoms with Crippen molar-refractivity contribution in [1.82, 2.24) is 9.80 Å². The summed E-state index contributed by atoms with van der Waals surface area (Å²) in [5.41, 5.74) is -3.07. The van der Waals surface area contributed by atoms with Gasteiger partial charge in [-0.1, -0.05) is 87.5 Å². The first kappa shape index (κ1) is 31.4. The van der Waals surface area contributed by atoms with Crippen molar-refractivity contribution >= 4 is 10.1 Å². The molecule has 1 aliphatic rings. The van der Waals surface area contributed by atoms with E-state index in [0.717, 1.165) is 11.1 Å². The zero-order chi connectivity index (χ0) is 29.2. The number of hydrogen-bond acceptors (Lipinski definition) is 6. The number of fused-ring (bicyclic) bond motifs is 1. The molecule has 0 N–H and O–H groups in total. The Morgan fingerprint density at radius 2 is 1.35 bits per heavy atom. The number of alkyl halides is 3. The van der Waals surface area contributed by atoms with Crippen LogP contribution in [0.15, 0.2) is 78.9 Å². The van der Waals surface area contributed by atoms with Crippen LogP contribution in [0.5, 0.6) is 11.5 Å². The summed E-state index contributed by atoms with van der Waals surface area (Å²) in [6.45, 7) is 11.6. The topological polar surface area (TPSA) is 59.1 Å². The molecule has 0 saturated heterocycles. The molecule has 0 radical (unpaired) electrons. The van der Waals surface area contributed by atoms with Crippen LogP contribution >= 0.6 is 0 Å². The van der Waals surface area contributed by atoms with Crippen molar-refractivity contribution in [2.75, 3.05) is 26.2 Å². The molecule has 0 aromatic heterocycles. The molecule has 0 aliphatic carbocycles. The van der Waals surface area contributed by atoms with Crippen molar-refractivity contribution in [3.63, 3.8) is 0 Å². The summed E-state index contributed by atoms with van der Waals surface area (Å²) in [4.78, 5) is 4.54. The summed E-state index contributed by atoms with van der Waals surface area (Å²) in [7, 11) is -5.79. The van der Waals surface area contributed by atoms with Crippen LogP contribution in [0.25, 0.3) is 0 Å². The number of ether oxygens (including phenoxy) is 1. The minimum Gasteiger partial charge on any atom is -0.492 e. The predicted molar refractivity (Wildman–Crippen MR) is 151 cm³/mol. The van der Waals surface area contributed by atoms with Crippen LogP contribution in [-0.4, -0.2) is 56.0 Å². The van der Waals surface area contributed by atoms with Crippen molar-refractivity contribution in [2.45, 2.75) is 51.8 Å². The van der Waals surface area contributed by atoms with Gasteiger partial charge in [-0.25, -0.2) is 0 Å². The summed E-state index contributed by atoms with van der Waals surface area (Å²) in [6, 6.07) is 23.6. The first-order valence-electron chi connectivity index (χ1n) is 13.4. The molecule has 3 aromatic carbocycles. The van der Waals surface area contributed by atoms with Crippen LogP contribution < -0.4 is 8.92 Å². The molecule has 0 saturated carbocycles. The van der Waals surface area contributed by atoms with Gasteiger partial charge in [0.2, 0.25) is 0 Å². The van der Waals surface area contributed by atoms with Crippen molar-refractivity contribution in [3.8, 4) is 11.5 Å². The normalized spacial score (nSPS) is 15.2. The molecule has 3 aromatic rings. The number of halogens is 3. The monoisotopic (exact) mass is 578 g/mol. The molecule has 0 amide bonds. The third-order valence-corrected chi connectivity index (χ3v) is 7.72. The molecule has 0 bridgehead atoms. The second-order valence-corrected chi connectivity index (χ2v) is 10.9. The van der Waals surface area contributed by atoms with Gasteiger partial charge in [-0.15, -0.1) is 0 Å². The predicted octanol–water partition coefficient (Wildman–Crippen LogP) is 6.27. The van der Waals surface area contributed by atoms with E-state index in [1.165, 1.54) is 31.8 Å². The fraction of sp³-hybridized carbons (Fsp3) is 0.400. The largest absolute Gasteiger partial charge is 0.534 e. The van der Waals surface area contributed by atoms with Crippen LogP contribution in [-0.2, 0) is 29.6 Å². The summed E-state index contributed by atoms with van der Waals surface area (Å²) in [6.07, 6.45) is 0.276. The van der Waals surface area contributed by atoms with Gasteiger partial charge >= 0.3 is 15.6 Å². The van der Waals surface area contributed by atoms with Crippen molar-refractivity contribution in [2.24, 2.45) is 0 Å². The Kier molecular flexibility index (Phi) is 11.4. The Morgan fingerprint density at radius 3 is 1.80 bits per heavy atom. The van der Waals surface area contributed by atoms with E-state index in [1.807, 2.05) is 60.7 Å². The summed E-state index contributed by atoms with van der Waals surface area (Å²) >= 11 is 0. The maximum Gasteiger partial charge on any atom is 0.534 e. The van der Waals surface area contributed by atoms with Gasteiger partial charge in [0.15, 0.2) is 0 Å². The molecular formula is C30H37F3N2O4S. The zero-order valence-electron chi connectivity index (χ0n) is 23.1. The van der Waals surface area contributed by atoms with Crippen LogP contribution in [0.3, 0.4) is 0 Å². The van der Waals surface area contributed by atoms with Gasteiger partial charge in [0.05, 0.1) is 0 Å². The van der Waals surface area contributed by atoms with E-state index < -0.39 is 15.6 Å². The van der Waals surface area contributed by atoms with Crippen molar-refractivity contribution < 1.29 is 30.5 Å². The van der Waals surface area contributed by atoms with Gasteiger partial charge in [-0.2, -0.15) is 21.6 Å². The Balaban J connectivity index is 0.000000559. The van der Waals surface area contributed by atoms with Gasteiger partial charge < -0.3 is 13.8 Å². The fourth-order valence-corrected chi connectivity index (χ4v) is 4.95. The summed E-state index contributed by atoms with van der Waals surface area (Å²) < 4.78 is 72.2. The lowest BCUT2D eigenvalue weighted by Gasteiger charge is -2.35. The van der Waals surface area contributed by atoms with E-state index in [4.69, 9.17) is 4.74 Å². The van der Waals surface area contributed by atoms with E-state index >= 15 is 0 Å². The van der Waals surface area contributed by atoms with Crippen molar-refractivity contribution in [1.29, 1.82) is 0 Å². The maximum absolute atomic E-state index is 12.9. The van der Waals surface area contributed by atoms with Crippen LogP contribution in [0.2, 0.25) is 0 Å². The smallest absolute Gasteiger partial charge is 0.492 e. The van der Waals surface area contributed by atoms with E-state index in [0.29, 0.717) is 31.0 Å². The quantitative estimate of drug-likeness (QED) is 0.209. The Bertz CT molecular complexity index is 1240. The second-order valence-electron chi connectivity index (χ2n) is 9.38. The molecule has 40 heavy (non-hydrogen) atoms. The summed E-state index contributed by atoms with van der Waals surface area (Å²) in [5, 5.41) is 0. The molecule has 218 valence electrons. The molecule has 1 heterocycles. The van der Waals surface area contributed by atoms with Gasteiger partial charge in [-0.05, 0) is 49.3 Å². The molecule has 1 aliphatic heterocycles. The first-order chi connectivity index (χ1) is 19.1. The molecule has 6 nitrogen and oxygen atoms in total. The zero-order valence-corrected chi connectivity index (χ0v) is 23.9. The van der Waals surface area contributed by atoms with Crippen LogP contribution in [0.1, 0.15) is 37.5 Å². The number of rotatable bonds is 10. The first-order valence-corrected chi connectivity index (χ1v) is 14.8. The number of benzene rings is 3. The van der Waals surface area contributed by atoms with Gasteiger partial charge in [-0.3, -0.25) is 4.90 Å². The highest BCUT2D eigenvalue weighted by atomic mass is 32.2. The minimum atomic E-state index is -5.79. The van der Waals surface area contributed by atoms with Crippen LogP contribution in [0.4, 0.5) is 13.2 Å². The maximum atomic E-state index is 12.9. The lowest BCUT2D eigenvalue weighted by Crippen LogP contribution is -2.42. The lowest BCUT2D eigenvalue weighted by molar-refractivity contribution is -0.0500. The highest BCUT2D eigenvalue weighted by Crippen LogP contribution is 2.37. The van der Waals surface area contributed by atoms with Gasteiger partial charge in [0.25, 0.3) is 0 Å². The molecule has 10 heteroatoms. The molecule has 1 atom stereocenters. The minimum absolute atomic E-state index is 0.212. The lowest BCUT2D eigenvalue weighted by atomic mass is 9.99. The molecule has 0 fully saturated rings. The van der Waals surface area contributed by atoms with E-state index in [2.05, 4.69) is 34.8 Å². The average Bonchev–Trinajstić information content (AvgIpc) is 2.94. The third-order valence-electron chi connectivity index (χ3n) is 6.76. The van der Waals surface area contributed by atoms with E-state index in [1.54, 1.807) is 6.07 Å². The highest BCUT2D eigenvalue weighted by Gasteiger charge is 2.49. The SMILES string of the molecule is CCN(CC)CC.O=S(=O)(Oc1cccc2c1C[C@H](N(Cc1ccccc1)Cc1ccccc1)CO2)C(F)(F)F. The molecule has 0 spiro atoms.